The van der Waals surface area contributed by atoms with E-state index < -0.39 is 0 Å². The van der Waals surface area contributed by atoms with Gasteiger partial charge in [0.15, 0.2) is 17.1 Å². The second kappa shape index (κ2) is 2.63. The maximum Gasteiger partial charge on any atom is 0.235 e. The van der Waals surface area contributed by atoms with Crippen LogP contribution in [0.3, 0.4) is 0 Å². The molecule has 0 spiro atoms. The molecule has 0 saturated heterocycles. The van der Waals surface area contributed by atoms with Crippen LogP contribution in [0.25, 0.3) is 4.96 Å². The molecule has 6 heteroatoms. The number of aromatic nitrogens is 4. The largest absolute Gasteiger partial charge is 0.295 e. The topological polar surface area (TPSA) is 60.2 Å². The molecule has 0 radical (unpaired) electrons. The van der Waals surface area contributed by atoms with Crippen molar-refractivity contribution in [2.24, 2.45) is 0 Å². The zero-order valence-corrected chi connectivity index (χ0v) is 7.21. The normalized spacial score (nSPS) is 10.8. The van der Waals surface area contributed by atoms with E-state index in [2.05, 4.69) is 15.3 Å². The summed E-state index contributed by atoms with van der Waals surface area (Å²) in [7, 11) is 0. The zero-order valence-electron chi connectivity index (χ0n) is 6.39. The van der Waals surface area contributed by atoms with Crippen LogP contribution in [-0.2, 0) is 6.42 Å². The van der Waals surface area contributed by atoms with Crippen molar-refractivity contribution < 1.29 is 4.79 Å². The Kier molecular flexibility index (Phi) is 1.61. The quantitative estimate of drug-likeness (QED) is 0.637. The molecule has 0 fully saturated rings. The lowest BCUT2D eigenvalue weighted by atomic mass is 10.5. The van der Waals surface area contributed by atoms with Crippen molar-refractivity contribution in [3.8, 4) is 0 Å². The van der Waals surface area contributed by atoms with Gasteiger partial charge in [0.05, 0.1) is 0 Å². The molecule has 0 atom stereocenters. The fourth-order valence-corrected chi connectivity index (χ4v) is 1.61. The molecule has 2 heterocycles. The minimum absolute atomic E-state index is 0.439. The highest BCUT2D eigenvalue weighted by Gasteiger charge is 2.08. The maximum absolute atomic E-state index is 10.4. The molecule has 0 N–H and O–H groups in total. The number of nitrogens with zero attached hydrogens (tertiary/aromatic N) is 4. The molecule has 0 unspecified atom stereocenters. The Morgan fingerprint density at radius 2 is 2.42 bits per heavy atom. The van der Waals surface area contributed by atoms with Gasteiger partial charge in [0, 0.05) is 6.42 Å². The summed E-state index contributed by atoms with van der Waals surface area (Å²) in [6, 6.07) is 0. The standard InChI is InChI=1S/C6H6N4OS/c1-2-4-7-8-6-10(4)9-5(3-11)12-6/h3H,2H2,1H3. The SMILES string of the molecule is CCc1nnc2sc(C=O)nn12. The monoisotopic (exact) mass is 182 g/mol. The van der Waals surface area contributed by atoms with Gasteiger partial charge >= 0.3 is 0 Å². The van der Waals surface area contributed by atoms with Crippen LogP contribution in [0.2, 0.25) is 0 Å². The summed E-state index contributed by atoms with van der Waals surface area (Å²) in [6.07, 6.45) is 1.49. The summed E-state index contributed by atoms with van der Waals surface area (Å²) in [5.74, 6) is 0.786. The summed E-state index contributed by atoms with van der Waals surface area (Å²) in [5, 5.41) is 12.2. The lowest BCUT2D eigenvalue weighted by Gasteiger charge is -1.85. The molecule has 0 amide bonds. The molecule has 2 aromatic rings. The van der Waals surface area contributed by atoms with Gasteiger partial charge < -0.3 is 0 Å². The van der Waals surface area contributed by atoms with Crippen LogP contribution in [0.15, 0.2) is 0 Å². The number of hydrogen-bond donors (Lipinski definition) is 0. The van der Waals surface area contributed by atoms with Crippen LogP contribution in [-0.4, -0.2) is 26.1 Å². The Morgan fingerprint density at radius 3 is 3.08 bits per heavy atom. The van der Waals surface area contributed by atoms with E-state index in [1.165, 1.54) is 11.3 Å². The van der Waals surface area contributed by atoms with E-state index in [0.29, 0.717) is 9.97 Å². The molecule has 0 aliphatic carbocycles. The van der Waals surface area contributed by atoms with Gasteiger partial charge in [0.2, 0.25) is 4.96 Å². The second-order valence-electron chi connectivity index (χ2n) is 2.22. The first-order valence-corrected chi connectivity index (χ1v) is 4.33. The number of carbonyl (C=O) groups is 1. The molecular weight excluding hydrogens is 176 g/mol. The molecule has 0 saturated carbocycles. The molecule has 0 bridgehead atoms. The maximum atomic E-state index is 10.4. The van der Waals surface area contributed by atoms with Crippen LogP contribution in [0, 0.1) is 0 Å². The first kappa shape index (κ1) is 7.35. The third kappa shape index (κ3) is 0.918. The molecule has 2 rings (SSSR count). The molecule has 2 aromatic heterocycles. The molecule has 0 aliphatic rings. The molecule has 0 aliphatic heterocycles. The van der Waals surface area contributed by atoms with Gasteiger partial charge in [-0.3, -0.25) is 4.79 Å². The van der Waals surface area contributed by atoms with E-state index in [0.717, 1.165) is 18.5 Å². The number of aldehydes is 1. The smallest absolute Gasteiger partial charge is 0.235 e. The van der Waals surface area contributed by atoms with E-state index in [1.54, 1.807) is 4.52 Å². The molecule has 12 heavy (non-hydrogen) atoms. The third-order valence-electron chi connectivity index (χ3n) is 1.49. The lowest BCUT2D eigenvalue weighted by molar-refractivity contribution is 0.112. The first-order chi connectivity index (χ1) is 5.85. The van der Waals surface area contributed by atoms with Crippen molar-refractivity contribution in [1.82, 2.24) is 19.8 Å². The summed E-state index contributed by atoms with van der Waals surface area (Å²) in [5.41, 5.74) is 0. The van der Waals surface area contributed by atoms with Crippen LogP contribution < -0.4 is 0 Å². The second-order valence-corrected chi connectivity index (χ2v) is 3.21. The van der Waals surface area contributed by atoms with Crippen molar-refractivity contribution >= 4 is 22.6 Å². The average Bonchev–Trinajstić information content (AvgIpc) is 2.61. The number of aryl methyl sites for hydroxylation is 1. The Morgan fingerprint density at radius 1 is 1.58 bits per heavy atom. The summed E-state index contributed by atoms with van der Waals surface area (Å²) in [6.45, 7) is 1.97. The third-order valence-corrected chi connectivity index (χ3v) is 2.31. The first-order valence-electron chi connectivity index (χ1n) is 3.51. The lowest BCUT2D eigenvalue weighted by Crippen LogP contribution is -1.93. The summed E-state index contributed by atoms with van der Waals surface area (Å²) in [4.78, 5) is 11.0. The van der Waals surface area contributed by atoms with Gasteiger partial charge in [-0.1, -0.05) is 18.3 Å². The zero-order chi connectivity index (χ0) is 8.55. The van der Waals surface area contributed by atoms with Gasteiger partial charge in [-0.15, -0.1) is 15.3 Å². The van der Waals surface area contributed by atoms with Gasteiger partial charge in [0.25, 0.3) is 0 Å². The van der Waals surface area contributed by atoms with Gasteiger partial charge in [-0.25, -0.2) is 0 Å². The number of carbonyl (C=O) groups excluding carboxylic acids is 1. The highest BCUT2D eigenvalue weighted by atomic mass is 32.1. The van der Waals surface area contributed by atoms with Crippen molar-refractivity contribution in [2.75, 3.05) is 0 Å². The Hall–Kier alpha value is -1.30. The number of fused-ring (bicyclic) bond motifs is 1. The minimum atomic E-state index is 0.439. The molecule has 0 aromatic carbocycles. The molecule has 62 valence electrons. The van der Waals surface area contributed by atoms with Gasteiger partial charge in [-0.2, -0.15) is 4.52 Å². The predicted molar refractivity (Wildman–Crippen MR) is 43.4 cm³/mol. The average molecular weight is 182 g/mol. The van der Waals surface area contributed by atoms with Crippen molar-refractivity contribution in [2.45, 2.75) is 13.3 Å². The van der Waals surface area contributed by atoms with Crippen LogP contribution in [0.4, 0.5) is 0 Å². The van der Waals surface area contributed by atoms with E-state index >= 15 is 0 Å². The van der Waals surface area contributed by atoms with Gasteiger partial charge in [-0.05, 0) is 0 Å². The predicted octanol–water partition coefficient (Wildman–Crippen LogP) is 0.561. The van der Waals surface area contributed by atoms with Crippen LogP contribution in [0.5, 0.6) is 0 Å². The van der Waals surface area contributed by atoms with Crippen molar-refractivity contribution in [3.05, 3.63) is 10.8 Å². The van der Waals surface area contributed by atoms with Crippen molar-refractivity contribution in [3.63, 3.8) is 0 Å². The Bertz CT molecular complexity index is 418. The summed E-state index contributed by atoms with van der Waals surface area (Å²) >= 11 is 1.24. The van der Waals surface area contributed by atoms with E-state index in [1.807, 2.05) is 6.92 Å². The number of rotatable bonds is 2. The fourth-order valence-electron chi connectivity index (χ4n) is 0.940. The number of hydrogen-bond acceptors (Lipinski definition) is 5. The van der Waals surface area contributed by atoms with E-state index in [-0.39, 0.29) is 0 Å². The molecule has 5 nitrogen and oxygen atoms in total. The van der Waals surface area contributed by atoms with E-state index in [4.69, 9.17) is 0 Å². The van der Waals surface area contributed by atoms with Crippen molar-refractivity contribution in [1.29, 1.82) is 0 Å². The molecular formula is C6H6N4OS. The highest BCUT2D eigenvalue weighted by molar-refractivity contribution is 7.18. The van der Waals surface area contributed by atoms with E-state index in [9.17, 15) is 4.79 Å². The summed E-state index contributed by atoms with van der Waals surface area (Å²) < 4.78 is 1.61. The highest BCUT2D eigenvalue weighted by Crippen LogP contribution is 2.11. The van der Waals surface area contributed by atoms with Crippen LogP contribution >= 0.6 is 11.3 Å². The fraction of sp³-hybridized carbons (Fsp3) is 0.333. The Balaban J connectivity index is 2.68. The minimum Gasteiger partial charge on any atom is -0.295 e. The van der Waals surface area contributed by atoms with Crippen LogP contribution in [0.1, 0.15) is 22.6 Å². The Labute approximate surface area is 72.0 Å². The van der Waals surface area contributed by atoms with Gasteiger partial charge in [0.1, 0.15) is 0 Å².